The summed E-state index contributed by atoms with van der Waals surface area (Å²) < 4.78 is 10.6. The van der Waals surface area contributed by atoms with Crippen LogP contribution in [0.1, 0.15) is 28.4 Å². The fourth-order valence-corrected chi connectivity index (χ4v) is 2.27. The molecule has 0 N–H and O–H groups in total. The van der Waals surface area contributed by atoms with Gasteiger partial charge in [0.2, 0.25) is 0 Å². The lowest BCUT2D eigenvalue weighted by Crippen LogP contribution is -1.95. The molecule has 0 aliphatic heterocycles. The van der Waals surface area contributed by atoms with Crippen LogP contribution in [0.15, 0.2) is 53.1 Å². The lowest BCUT2D eigenvalue weighted by molar-refractivity contribution is 0.401. The molecule has 4 heteroatoms. The largest absolute Gasteiger partial charge is 0.496 e. The summed E-state index contributed by atoms with van der Waals surface area (Å²) in [5.74, 6) is 1.96. The second kappa shape index (κ2) is 6.92. The topological polar surface area (TPSA) is 48.2 Å². The highest BCUT2D eigenvalue weighted by Gasteiger charge is 2.08. The number of benzene rings is 2. The first-order valence-corrected chi connectivity index (χ1v) is 7.44. The van der Waals surface area contributed by atoms with E-state index in [1.54, 1.807) is 7.11 Å². The van der Waals surface area contributed by atoms with Crippen molar-refractivity contribution in [3.8, 4) is 5.75 Å². The molecule has 0 saturated heterocycles. The molecule has 1 heterocycles. The van der Waals surface area contributed by atoms with Crippen molar-refractivity contribution in [2.45, 2.75) is 13.3 Å². The van der Waals surface area contributed by atoms with E-state index in [0.717, 1.165) is 16.9 Å². The molecule has 0 aliphatic carbocycles. The third kappa shape index (κ3) is 3.86. The summed E-state index contributed by atoms with van der Waals surface area (Å²) in [6.07, 6.45) is 4.36. The Balaban J connectivity index is 1.71. The zero-order valence-corrected chi connectivity index (χ0v) is 13.2. The highest BCUT2D eigenvalue weighted by molar-refractivity contribution is 5.65. The number of hydrogen-bond acceptors (Lipinski definition) is 4. The number of methoxy groups -OCH3 is 1. The molecule has 0 atom stereocenters. The molecular weight excluding hydrogens is 288 g/mol. The standard InChI is InChI=1S/C19H18N2O2/c1-14-7-9-15(10-8-14)11-12-19-20-18(21-23-19)13-16-5-3-4-6-17(16)22-2/h3-12H,13H2,1-2H3. The third-order valence-corrected chi connectivity index (χ3v) is 3.52. The van der Waals surface area contributed by atoms with E-state index in [1.807, 2.05) is 36.4 Å². The van der Waals surface area contributed by atoms with Crippen molar-refractivity contribution >= 4 is 12.2 Å². The highest BCUT2D eigenvalue weighted by Crippen LogP contribution is 2.20. The van der Waals surface area contributed by atoms with Gasteiger partial charge in [-0.3, -0.25) is 0 Å². The van der Waals surface area contributed by atoms with Crippen LogP contribution in [-0.4, -0.2) is 17.3 Å². The van der Waals surface area contributed by atoms with Gasteiger partial charge >= 0.3 is 0 Å². The first-order chi connectivity index (χ1) is 11.2. The van der Waals surface area contributed by atoms with Gasteiger partial charge in [-0.1, -0.05) is 53.2 Å². The molecule has 23 heavy (non-hydrogen) atoms. The van der Waals surface area contributed by atoms with Crippen LogP contribution in [0.25, 0.3) is 12.2 Å². The minimum absolute atomic E-state index is 0.496. The fraction of sp³-hybridized carbons (Fsp3) is 0.158. The van der Waals surface area contributed by atoms with Crippen molar-refractivity contribution in [1.82, 2.24) is 10.1 Å². The van der Waals surface area contributed by atoms with Gasteiger partial charge in [-0.05, 0) is 24.6 Å². The molecular formula is C19H18N2O2. The molecule has 1 aromatic heterocycles. The summed E-state index contributed by atoms with van der Waals surface area (Å²) >= 11 is 0. The zero-order chi connectivity index (χ0) is 16.1. The van der Waals surface area contributed by atoms with E-state index in [9.17, 15) is 0 Å². The average Bonchev–Trinajstić information content (AvgIpc) is 3.02. The number of hydrogen-bond donors (Lipinski definition) is 0. The van der Waals surface area contributed by atoms with Gasteiger partial charge in [-0.15, -0.1) is 0 Å². The Morgan fingerprint density at radius 3 is 2.61 bits per heavy atom. The van der Waals surface area contributed by atoms with Crippen LogP contribution in [0.4, 0.5) is 0 Å². The molecule has 0 unspecified atom stereocenters. The first kappa shape index (κ1) is 15.0. The average molecular weight is 306 g/mol. The van der Waals surface area contributed by atoms with Gasteiger partial charge in [-0.25, -0.2) is 0 Å². The van der Waals surface area contributed by atoms with E-state index in [2.05, 4.69) is 41.3 Å². The van der Waals surface area contributed by atoms with Gasteiger partial charge < -0.3 is 9.26 Å². The zero-order valence-electron chi connectivity index (χ0n) is 13.2. The van der Waals surface area contributed by atoms with Crippen LogP contribution >= 0.6 is 0 Å². The van der Waals surface area contributed by atoms with E-state index in [0.29, 0.717) is 18.1 Å². The van der Waals surface area contributed by atoms with E-state index < -0.39 is 0 Å². The summed E-state index contributed by atoms with van der Waals surface area (Å²) in [5.41, 5.74) is 3.36. The fourth-order valence-electron chi connectivity index (χ4n) is 2.27. The number of rotatable bonds is 5. The van der Waals surface area contributed by atoms with Crippen LogP contribution in [0.5, 0.6) is 5.75 Å². The molecule has 0 bridgehead atoms. The molecule has 116 valence electrons. The van der Waals surface area contributed by atoms with E-state index >= 15 is 0 Å². The Morgan fingerprint density at radius 1 is 1.04 bits per heavy atom. The number of ether oxygens (including phenoxy) is 1. The first-order valence-electron chi connectivity index (χ1n) is 7.44. The lowest BCUT2D eigenvalue weighted by atomic mass is 10.1. The molecule has 0 saturated carbocycles. The SMILES string of the molecule is COc1ccccc1Cc1noc(C=Cc2ccc(C)cc2)n1. The van der Waals surface area contributed by atoms with Crippen molar-refractivity contribution < 1.29 is 9.26 Å². The van der Waals surface area contributed by atoms with Crippen molar-refractivity contribution in [2.24, 2.45) is 0 Å². The number of para-hydroxylation sites is 1. The van der Waals surface area contributed by atoms with Crippen LogP contribution in [-0.2, 0) is 6.42 Å². The second-order valence-electron chi connectivity index (χ2n) is 5.28. The smallest absolute Gasteiger partial charge is 0.250 e. The van der Waals surface area contributed by atoms with E-state index in [4.69, 9.17) is 9.26 Å². The maximum absolute atomic E-state index is 5.34. The summed E-state index contributed by atoms with van der Waals surface area (Å²) in [6, 6.07) is 16.1. The van der Waals surface area contributed by atoms with Gasteiger partial charge in [0.25, 0.3) is 5.89 Å². The Morgan fingerprint density at radius 2 is 1.83 bits per heavy atom. The molecule has 2 aromatic carbocycles. The Bertz CT molecular complexity index is 804. The summed E-state index contributed by atoms with van der Waals surface area (Å²) in [4.78, 5) is 4.39. The van der Waals surface area contributed by atoms with Gasteiger partial charge in [0.1, 0.15) is 5.75 Å². The molecule has 4 nitrogen and oxygen atoms in total. The van der Waals surface area contributed by atoms with Crippen molar-refractivity contribution in [3.05, 3.63) is 76.9 Å². The Labute approximate surface area is 135 Å². The van der Waals surface area contributed by atoms with Crippen LogP contribution in [0.2, 0.25) is 0 Å². The molecule has 0 radical (unpaired) electrons. The van der Waals surface area contributed by atoms with Gasteiger partial charge in [0.15, 0.2) is 5.82 Å². The predicted octanol–water partition coefficient (Wildman–Crippen LogP) is 4.15. The third-order valence-electron chi connectivity index (χ3n) is 3.52. The van der Waals surface area contributed by atoms with Gasteiger partial charge in [-0.2, -0.15) is 4.98 Å². The van der Waals surface area contributed by atoms with E-state index in [-0.39, 0.29) is 0 Å². The number of nitrogens with zero attached hydrogens (tertiary/aromatic N) is 2. The number of aromatic nitrogens is 2. The molecule has 3 aromatic rings. The summed E-state index contributed by atoms with van der Waals surface area (Å²) in [7, 11) is 1.66. The molecule has 0 spiro atoms. The minimum atomic E-state index is 0.496. The monoisotopic (exact) mass is 306 g/mol. The number of aryl methyl sites for hydroxylation is 1. The summed E-state index contributed by atoms with van der Waals surface area (Å²) in [5, 5.41) is 4.02. The van der Waals surface area contributed by atoms with E-state index in [1.165, 1.54) is 5.56 Å². The molecule has 3 rings (SSSR count). The van der Waals surface area contributed by atoms with Crippen molar-refractivity contribution in [2.75, 3.05) is 7.11 Å². The summed E-state index contributed by atoms with van der Waals surface area (Å²) in [6.45, 7) is 2.07. The van der Waals surface area contributed by atoms with Crippen molar-refractivity contribution in [1.29, 1.82) is 0 Å². The molecule has 0 fully saturated rings. The van der Waals surface area contributed by atoms with Gasteiger partial charge in [0, 0.05) is 18.1 Å². The second-order valence-corrected chi connectivity index (χ2v) is 5.28. The quantitative estimate of drug-likeness (QED) is 0.710. The Kier molecular flexibility index (Phi) is 4.52. The van der Waals surface area contributed by atoms with Crippen molar-refractivity contribution in [3.63, 3.8) is 0 Å². The lowest BCUT2D eigenvalue weighted by Gasteiger charge is -2.04. The predicted molar refractivity (Wildman–Crippen MR) is 90.2 cm³/mol. The normalized spacial score (nSPS) is 11.0. The maximum atomic E-state index is 5.34. The van der Waals surface area contributed by atoms with Crippen LogP contribution < -0.4 is 4.74 Å². The van der Waals surface area contributed by atoms with Gasteiger partial charge in [0.05, 0.1) is 7.11 Å². The Hall–Kier alpha value is -2.88. The van der Waals surface area contributed by atoms with Crippen LogP contribution in [0.3, 0.4) is 0 Å². The molecule has 0 aliphatic rings. The molecule has 0 amide bonds. The van der Waals surface area contributed by atoms with Crippen LogP contribution in [0, 0.1) is 6.92 Å². The maximum Gasteiger partial charge on any atom is 0.250 e. The highest BCUT2D eigenvalue weighted by atomic mass is 16.5. The minimum Gasteiger partial charge on any atom is -0.496 e.